The van der Waals surface area contributed by atoms with Crippen molar-refractivity contribution in [3.8, 4) is 11.5 Å². The largest absolute Gasteiger partial charge is 0.493 e. The molecule has 1 atom stereocenters. The number of methoxy groups -OCH3 is 1. The molecule has 5 heteroatoms. The molecule has 0 unspecified atom stereocenters. The van der Waals surface area contributed by atoms with Crippen molar-refractivity contribution < 1.29 is 9.47 Å². The highest BCUT2D eigenvalue weighted by Gasteiger charge is 2.23. The van der Waals surface area contributed by atoms with Crippen LogP contribution in [0.3, 0.4) is 0 Å². The summed E-state index contributed by atoms with van der Waals surface area (Å²) >= 11 is 0. The number of hydrogen-bond donors (Lipinski definition) is 1. The Hall–Kier alpha value is -2.30. The van der Waals surface area contributed by atoms with E-state index in [4.69, 9.17) is 15.2 Å². The van der Waals surface area contributed by atoms with E-state index < -0.39 is 0 Å². The van der Waals surface area contributed by atoms with E-state index in [1.54, 1.807) is 13.3 Å². The van der Waals surface area contributed by atoms with Gasteiger partial charge in [-0.3, -0.25) is 0 Å². The molecular weight excluding hydrogens is 254 g/mol. The Balaban J connectivity index is 1.76. The number of nitrogens with two attached hydrogens (primary N) is 1. The second-order valence-corrected chi connectivity index (χ2v) is 4.94. The number of para-hydroxylation sites is 1. The summed E-state index contributed by atoms with van der Waals surface area (Å²) in [5, 5.41) is 0. The predicted molar refractivity (Wildman–Crippen MR) is 75.8 cm³/mol. The molecule has 0 radical (unpaired) electrons. The van der Waals surface area contributed by atoms with Gasteiger partial charge in [0, 0.05) is 17.8 Å². The highest BCUT2D eigenvalue weighted by molar-refractivity contribution is 5.47. The molecule has 0 fully saturated rings. The van der Waals surface area contributed by atoms with Crippen molar-refractivity contribution in [3.63, 3.8) is 0 Å². The smallest absolute Gasteiger partial charge is 0.220 e. The second kappa shape index (κ2) is 5.36. The normalized spacial score (nSPS) is 17.1. The quantitative estimate of drug-likeness (QED) is 0.922. The lowest BCUT2D eigenvalue weighted by molar-refractivity contribution is 0.210. The number of anilines is 1. The van der Waals surface area contributed by atoms with Crippen LogP contribution in [0.5, 0.6) is 11.5 Å². The van der Waals surface area contributed by atoms with Crippen LogP contribution in [0.15, 0.2) is 30.5 Å². The number of aromatic nitrogens is 2. The van der Waals surface area contributed by atoms with Crippen molar-refractivity contribution in [2.24, 2.45) is 5.92 Å². The van der Waals surface area contributed by atoms with Gasteiger partial charge in [0.05, 0.1) is 13.7 Å². The molecular formula is C15H17N3O2. The highest BCUT2D eigenvalue weighted by atomic mass is 16.5. The Morgan fingerprint density at radius 3 is 3.10 bits per heavy atom. The minimum Gasteiger partial charge on any atom is -0.493 e. The van der Waals surface area contributed by atoms with Crippen molar-refractivity contribution in [2.75, 3.05) is 19.5 Å². The molecule has 1 aromatic carbocycles. The third-order valence-corrected chi connectivity index (χ3v) is 3.48. The number of hydrogen-bond acceptors (Lipinski definition) is 5. The number of ether oxygens (including phenoxy) is 2. The van der Waals surface area contributed by atoms with Crippen LogP contribution in [0.4, 0.5) is 5.95 Å². The first kappa shape index (κ1) is 12.7. The summed E-state index contributed by atoms with van der Waals surface area (Å²) in [5.74, 6) is 2.38. The maximum absolute atomic E-state index is 5.86. The van der Waals surface area contributed by atoms with Crippen LogP contribution in [0.25, 0.3) is 0 Å². The molecule has 1 aromatic heterocycles. The maximum Gasteiger partial charge on any atom is 0.220 e. The summed E-state index contributed by atoms with van der Waals surface area (Å²) in [4.78, 5) is 8.15. The topological polar surface area (TPSA) is 70.3 Å². The SMILES string of the molecule is COc1cccc2c1OC[C@H](Cc1ccnc(N)n1)C2. The lowest BCUT2D eigenvalue weighted by atomic mass is 9.92. The second-order valence-electron chi connectivity index (χ2n) is 4.94. The van der Waals surface area contributed by atoms with Gasteiger partial charge in [-0.25, -0.2) is 9.97 Å². The van der Waals surface area contributed by atoms with Crippen LogP contribution in [0, 0.1) is 5.92 Å². The van der Waals surface area contributed by atoms with Gasteiger partial charge in [0.15, 0.2) is 11.5 Å². The van der Waals surface area contributed by atoms with Gasteiger partial charge in [-0.05, 0) is 30.5 Å². The first-order valence-corrected chi connectivity index (χ1v) is 6.62. The number of rotatable bonds is 3. The summed E-state index contributed by atoms with van der Waals surface area (Å²) in [5.41, 5.74) is 7.75. The molecule has 0 saturated heterocycles. The molecule has 2 aromatic rings. The van der Waals surface area contributed by atoms with E-state index in [2.05, 4.69) is 16.0 Å². The Bertz CT molecular complexity index is 616. The number of fused-ring (bicyclic) bond motifs is 1. The van der Waals surface area contributed by atoms with Crippen molar-refractivity contribution in [1.82, 2.24) is 9.97 Å². The lowest BCUT2D eigenvalue weighted by Crippen LogP contribution is -2.23. The maximum atomic E-state index is 5.86. The standard InChI is InChI=1S/C15H17N3O2/c1-19-13-4-2-3-11-7-10(9-20-14(11)13)8-12-5-6-17-15(16)18-12/h2-6,10H,7-9H2,1H3,(H2,16,17,18)/t10-/m0/s1. The number of nitrogen functional groups attached to an aromatic ring is 1. The fourth-order valence-corrected chi connectivity index (χ4v) is 2.57. The summed E-state index contributed by atoms with van der Waals surface area (Å²) in [6.45, 7) is 0.664. The molecule has 0 bridgehead atoms. The van der Waals surface area contributed by atoms with Gasteiger partial charge >= 0.3 is 0 Å². The zero-order chi connectivity index (χ0) is 13.9. The van der Waals surface area contributed by atoms with Crippen LogP contribution in [-0.4, -0.2) is 23.7 Å². The van der Waals surface area contributed by atoms with Crippen molar-refractivity contribution in [2.45, 2.75) is 12.8 Å². The summed E-state index contributed by atoms with van der Waals surface area (Å²) < 4.78 is 11.2. The molecule has 0 aliphatic carbocycles. The van der Waals surface area contributed by atoms with E-state index in [-0.39, 0.29) is 0 Å². The van der Waals surface area contributed by atoms with Crippen molar-refractivity contribution >= 4 is 5.95 Å². The van der Waals surface area contributed by atoms with E-state index in [0.717, 1.165) is 30.0 Å². The minimum atomic E-state index is 0.321. The predicted octanol–water partition coefficient (Wildman–Crippen LogP) is 1.86. The summed E-state index contributed by atoms with van der Waals surface area (Å²) in [7, 11) is 1.66. The molecule has 5 nitrogen and oxygen atoms in total. The molecule has 3 rings (SSSR count). The van der Waals surface area contributed by atoms with Crippen LogP contribution >= 0.6 is 0 Å². The zero-order valence-corrected chi connectivity index (χ0v) is 11.4. The lowest BCUT2D eigenvalue weighted by Gasteiger charge is -2.26. The molecule has 2 N–H and O–H groups in total. The summed E-state index contributed by atoms with van der Waals surface area (Å²) in [6.07, 6.45) is 3.48. The van der Waals surface area contributed by atoms with Gasteiger partial charge < -0.3 is 15.2 Å². The Morgan fingerprint density at radius 1 is 1.40 bits per heavy atom. The van der Waals surface area contributed by atoms with Crippen LogP contribution in [0.1, 0.15) is 11.3 Å². The van der Waals surface area contributed by atoms with Crippen molar-refractivity contribution in [1.29, 1.82) is 0 Å². The molecule has 104 valence electrons. The van der Waals surface area contributed by atoms with E-state index in [9.17, 15) is 0 Å². The van der Waals surface area contributed by atoms with E-state index in [1.807, 2.05) is 18.2 Å². The number of benzene rings is 1. The van der Waals surface area contributed by atoms with E-state index >= 15 is 0 Å². The Labute approximate surface area is 117 Å². The van der Waals surface area contributed by atoms with E-state index in [1.165, 1.54) is 5.56 Å². The first-order valence-electron chi connectivity index (χ1n) is 6.62. The Morgan fingerprint density at radius 2 is 2.30 bits per heavy atom. The molecule has 20 heavy (non-hydrogen) atoms. The third kappa shape index (κ3) is 2.52. The van der Waals surface area contributed by atoms with Crippen molar-refractivity contribution in [3.05, 3.63) is 41.7 Å². The van der Waals surface area contributed by atoms with Gasteiger partial charge in [-0.15, -0.1) is 0 Å². The number of nitrogens with zero attached hydrogens (tertiary/aromatic N) is 2. The third-order valence-electron chi connectivity index (χ3n) is 3.48. The van der Waals surface area contributed by atoms with Gasteiger partial charge in [0.25, 0.3) is 0 Å². The molecule has 0 amide bonds. The molecule has 0 spiro atoms. The summed E-state index contributed by atoms with van der Waals surface area (Å²) in [6, 6.07) is 7.90. The van der Waals surface area contributed by atoms with Gasteiger partial charge in [0.1, 0.15) is 0 Å². The van der Waals surface area contributed by atoms with Crippen LogP contribution < -0.4 is 15.2 Å². The monoisotopic (exact) mass is 271 g/mol. The van der Waals surface area contributed by atoms with Crippen LogP contribution in [0.2, 0.25) is 0 Å². The fraction of sp³-hybridized carbons (Fsp3) is 0.333. The minimum absolute atomic E-state index is 0.321. The average Bonchev–Trinajstić information content (AvgIpc) is 2.46. The van der Waals surface area contributed by atoms with Gasteiger partial charge in [-0.2, -0.15) is 0 Å². The first-order chi connectivity index (χ1) is 9.76. The molecule has 1 aliphatic rings. The van der Waals surface area contributed by atoms with Gasteiger partial charge in [0.2, 0.25) is 5.95 Å². The zero-order valence-electron chi connectivity index (χ0n) is 11.4. The van der Waals surface area contributed by atoms with E-state index in [0.29, 0.717) is 18.5 Å². The van der Waals surface area contributed by atoms with Crippen LogP contribution in [-0.2, 0) is 12.8 Å². The average molecular weight is 271 g/mol. The molecule has 2 heterocycles. The van der Waals surface area contributed by atoms with Gasteiger partial charge in [-0.1, -0.05) is 12.1 Å². The fourth-order valence-electron chi connectivity index (χ4n) is 2.57. The molecule has 0 saturated carbocycles. The highest BCUT2D eigenvalue weighted by Crippen LogP contribution is 2.36. The Kier molecular flexibility index (Phi) is 3.41. The molecule has 1 aliphatic heterocycles.